The number of aromatic nitrogens is 4. The highest BCUT2D eigenvalue weighted by Gasteiger charge is 2.25. The van der Waals surface area contributed by atoms with Crippen LogP contribution >= 0.6 is 0 Å². The van der Waals surface area contributed by atoms with Gasteiger partial charge in [-0.3, -0.25) is 14.9 Å². The van der Waals surface area contributed by atoms with Gasteiger partial charge in [-0.2, -0.15) is 4.68 Å². The average Bonchev–Trinajstić information content (AvgIpc) is 3.15. The summed E-state index contributed by atoms with van der Waals surface area (Å²) in [5.41, 5.74) is -0.628. The second-order valence-corrected chi connectivity index (χ2v) is 5.97. The molecule has 0 unspecified atom stereocenters. The lowest BCUT2D eigenvalue weighted by Crippen LogP contribution is -2.16. The number of carbonyl (C=O) groups is 1. The predicted octanol–water partition coefficient (Wildman–Crippen LogP) is 2.68. The maximum absolute atomic E-state index is 14.3. The van der Waals surface area contributed by atoms with Crippen molar-refractivity contribution in [3.63, 3.8) is 0 Å². The molecule has 0 saturated heterocycles. The summed E-state index contributed by atoms with van der Waals surface area (Å²) in [5, 5.41) is 24.9. The van der Waals surface area contributed by atoms with E-state index in [0.29, 0.717) is 11.5 Å². The summed E-state index contributed by atoms with van der Waals surface area (Å²) in [6, 6.07) is 6.13. The summed E-state index contributed by atoms with van der Waals surface area (Å²) in [4.78, 5) is 23.5. The number of halogens is 1. The van der Waals surface area contributed by atoms with Crippen LogP contribution in [0.25, 0.3) is 5.69 Å². The van der Waals surface area contributed by atoms with Crippen molar-refractivity contribution in [2.45, 2.75) is 13.8 Å². The minimum absolute atomic E-state index is 0.0995. The van der Waals surface area contributed by atoms with E-state index in [1.165, 1.54) is 30.0 Å². The molecule has 1 heterocycles. The van der Waals surface area contributed by atoms with E-state index in [2.05, 4.69) is 20.8 Å². The van der Waals surface area contributed by atoms with Crippen molar-refractivity contribution < 1.29 is 23.6 Å². The van der Waals surface area contributed by atoms with E-state index < -0.39 is 22.3 Å². The number of hydrogen-bond acceptors (Lipinski definition) is 8. The normalized spacial score (nSPS) is 10.5. The summed E-state index contributed by atoms with van der Waals surface area (Å²) in [7, 11) is 1.32. The lowest BCUT2D eigenvalue weighted by Gasteiger charge is -2.13. The number of amides is 1. The summed E-state index contributed by atoms with van der Waals surface area (Å²) in [5.74, 6) is -0.934. The largest absolute Gasteiger partial charge is 0.493 e. The van der Waals surface area contributed by atoms with Crippen LogP contribution < -0.4 is 14.8 Å². The third-order valence-corrected chi connectivity index (χ3v) is 4.09. The molecule has 1 N–H and O–H groups in total. The van der Waals surface area contributed by atoms with Crippen molar-refractivity contribution in [2.75, 3.05) is 19.0 Å². The quantitative estimate of drug-likeness (QED) is 0.459. The van der Waals surface area contributed by atoms with E-state index >= 15 is 0 Å². The Balaban J connectivity index is 2.00. The van der Waals surface area contributed by atoms with E-state index in [4.69, 9.17) is 9.47 Å². The van der Waals surface area contributed by atoms with Gasteiger partial charge in [0.05, 0.1) is 36.1 Å². The van der Waals surface area contributed by atoms with Crippen molar-refractivity contribution in [1.82, 2.24) is 20.2 Å². The predicted molar refractivity (Wildman–Crippen MR) is 103 cm³/mol. The number of ether oxygens (including phenoxy) is 2. The Hall–Kier alpha value is -4.09. The summed E-state index contributed by atoms with van der Waals surface area (Å²) >= 11 is 0. The fourth-order valence-electron chi connectivity index (χ4n) is 2.71. The van der Waals surface area contributed by atoms with E-state index in [1.807, 2.05) is 0 Å². The molecule has 156 valence electrons. The van der Waals surface area contributed by atoms with Gasteiger partial charge in [0.1, 0.15) is 11.4 Å². The second kappa shape index (κ2) is 8.51. The maximum atomic E-state index is 14.3. The average molecular weight is 416 g/mol. The van der Waals surface area contributed by atoms with Gasteiger partial charge in [-0.05, 0) is 42.5 Å². The first-order valence-corrected chi connectivity index (χ1v) is 8.71. The van der Waals surface area contributed by atoms with E-state index in [0.717, 1.165) is 12.1 Å². The van der Waals surface area contributed by atoms with E-state index in [1.54, 1.807) is 13.8 Å². The molecule has 1 amide bonds. The number of nitro groups is 1. The Morgan fingerprint density at radius 2 is 2.07 bits per heavy atom. The molecule has 3 aromatic rings. The number of carbonyl (C=O) groups excluding carboxylic acids is 1. The van der Waals surface area contributed by atoms with Gasteiger partial charge in [0.25, 0.3) is 11.6 Å². The molecule has 0 spiro atoms. The molecule has 0 aliphatic rings. The summed E-state index contributed by atoms with van der Waals surface area (Å²) < 4.78 is 26.1. The molecule has 1 aromatic heterocycles. The first-order valence-electron chi connectivity index (χ1n) is 8.71. The number of hydrogen-bond donors (Lipinski definition) is 1. The lowest BCUT2D eigenvalue weighted by atomic mass is 10.1. The number of methoxy groups -OCH3 is 1. The Labute approximate surface area is 169 Å². The van der Waals surface area contributed by atoms with Crippen LogP contribution in [0.4, 0.5) is 15.8 Å². The Morgan fingerprint density at radius 1 is 1.30 bits per heavy atom. The van der Waals surface area contributed by atoms with Crippen molar-refractivity contribution in [2.24, 2.45) is 0 Å². The van der Waals surface area contributed by atoms with Gasteiger partial charge < -0.3 is 14.8 Å². The summed E-state index contributed by atoms with van der Waals surface area (Å²) in [6.07, 6.45) is 0. The first-order chi connectivity index (χ1) is 14.3. The molecule has 2 aromatic carbocycles. The zero-order chi connectivity index (χ0) is 21.8. The Bertz CT molecular complexity index is 1120. The fourth-order valence-corrected chi connectivity index (χ4v) is 2.71. The molecule has 12 heteroatoms. The molecule has 11 nitrogen and oxygen atoms in total. The molecule has 0 bridgehead atoms. The van der Waals surface area contributed by atoms with Crippen LogP contribution in [-0.4, -0.2) is 44.8 Å². The smallest absolute Gasteiger partial charge is 0.286 e. The lowest BCUT2D eigenvalue weighted by molar-refractivity contribution is -0.385. The van der Waals surface area contributed by atoms with Crippen LogP contribution in [0.5, 0.6) is 11.5 Å². The van der Waals surface area contributed by atoms with Gasteiger partial charge in [0.2, 0.25) is 0 Å². The van der Waals surface area contributed by atoms with Gasteiger partial charge in [-0.1, -0.05) is 0 Å². The van der Waals surface area contributed by atoms with Crippen LogP contribution in [0.2, 0.25) is 0 Å². The zero-order valence-corrected chi connectivity index (χ0v) is 16.2. The molecule has 0 atom stereocenters. The standard InChI is InChI=1S/C18H17FN6O5/c1-4-30-17-8-12(15(25(27)28)9-16(17)29-3)18(26)20-14-7-11(5-6-13(14)19)24-10(2)21-22-23-24/h5-9H,4H2,1-3H3,(H,20,26). The second-order valence-electron chi connectivity index (χ2n) is 5.97. The topological polar surface area (TPSA) is 134 Å². The third kappa shape index (κ3) is 4.01. The Morgan fingerprint density at radius 3 is 2.67 bits per heavy atom. The van der Waals surface area contributed by atoms with Crippen LogP contribution in [0.1, 0.15) is 23.1 Å². The minimum Gasteiger partial charge on any atom is -0.493 e. The maximum Gasteiger partial charge on any atom is 0.286 e. The molecule has 0 aliphatic carbocycles. The van der Waals surface area contributed by atoms with E-state index in [-0.39, 0.29) is 29.4 Å². The van der Waals surface area contributed by atoms with Gasteiger partial charge in [-0.25, -0.2) is 4.39 Å². The number of nitrogens with one attached hydrogen (secondary N) is 1. The number of nitro benzene ring substituents is 1. The zero-order valence-electron chi connectivity index (χ0n) is 16.2. The van der Waals surface area contributed by atoms with Crippen LogP contribution in [0.15, 0.2) is 30.3 Å². The third-order valence-electron chi connectivity index (χ3n) is 4.09. The number of nitrogens with zero attached hydrogens (tertiary/aromatic N) is 5. The van der Waals surface area contributed by atoms with Crippen molar-refractivity contribution in [3.8, 4) is 17.2 Å². The monoisotopic (exact) mass is 416 g/mol. The van der Waals surface area contributed by atoms with Crippen molar-refractivity contribution in [1.29, 1.82) is 0 Å². The fraction of sp³-hybridized carbons (Fsp3) is 0.222. The highest BCUT2D eigenvalue weighted by Crippen LogP contribution is 2.35. The van der Waals surface area contributed by atoms with Crippen molar-refractivity contribution >= 4 is 17.3 Å². The van der Waals surface area contributed by atoms with Crippen LogP contribution in [0, 0.1) is 22.9 Å². The molecule has 0 fully saturated rings. The first kappa shape index (κ1) is 20.6. The number of anilines is 1. The molecule has 3 rings (SSSR count). The van der Waals surface area contributed by atoms with Gasteiger partial charge in [-0.15, -0.1) is 5.10 Å². The van der Waals surface area contributed by atoms with Gasteiger partial charge in [0, 0.05) is 6.07 Å². The van der Waals surface area contributed by atoms with Crippen molar-refractivity contribution in [3.05, 3.63) is 57.7 Å². The number of benzene rings is 2. The molecule has 0 radical (unpaired) electrons. The van der Waals surface area contributed by atoms with E-state index in [9.17, 15) is 19.3 Å². The van der Waals surface area contributed by atoms with Crippen LogP contribution in [0.3, 0.4) is 0 Å². The molecule has 0 saturated carbocycles. The minimum atomic E-state index is -0.894. The molecular formula is C18H17FN6O5. The number of aryl methyl sites for hydroxylation is 1. The number of tetrazole rings is 1. The molecular weight excluding hydrogens is 399 g/mol. The number of rotatable bonds is 7. The van der Waals surface area contributed by atoms with Gasteiger partial charge >= 0.3 is 0 Å². The summed E-state index contributed by atoms with van der Waals surface area (Å²) in [6.45, 7) is 3.61. The Kier molecular flexibility index (Phi) is 5.85. The van der Waals surface area contributed by atoms with Crippen LogP contribution in [-0.2, 0) is 0 Å². The highest BCUT2D eigenvalue weighted by molar-refractivity contribution is 6.07. The SMILES string of the molecule is CCOc1cc(C(=O)Nc2cc(-n3nnnc3C)ccc2F)c([N+](=O)[O-])cc1OC. The van der Waals surface area contributed by atoms with Gasteiger partial charge in [0.15, 0.2) is 17.3 Å². The molecule has 0 aliphatic heterocycles. The highest BCUT2D eigenvalue weighted by atomic mass is 19.1. The molecule has 30 heavy (non-hydrogen) atoms.